The number of carbonyl (C=O) groups is 1. The molecule has 7 heteroatoms. The van der Waals surface area contributed by atoms with Crippen LogP contribution in [0.4, 0.5) is 0 Å². The summed E-state index contributed by atoms with van der Waals surface area (Å²) in [7, 11) is -3.21. The third-order valence-corrected chi connectivity index (χ3v) is 6.74. The van der Waals surface area contributed by atoms with E-state index in [0.29, 0.717) is 18.8 Å². The molecule has 5 nitrogen and oxygen atoms in total. The van der Waals surface area contributed by atoms with E-state index >= 15 is 0 Å². The van der Waals surface area contributed by atoms with Crippen LogP contribution in [-0.2, 0) is 14.6 Å². The number of amides is 1. The highest BCUT2D eigenvalue weighted by Gasteiger charge is 2.36. The third kappa shape index (κ3) is 4.36. The molecule has 1 aliphatic heterocycles. The molecule has 2 unspecified atom stereocenters. The second-order valence-electron chi connectivity index (χ2n) is 4.84. The Balaban J connectivity index is 2.79. The topological polar surface area (TPSA) is 80.5 Å². The second-order valence-corrected chi connectivity index (χ2v) is 8.44. The minimum Gasteiger partial charge on any atom is -0.330 e. The fourth-order valence-corrected chi connectivity index (χ4v) is 5.13. The molecule has 1 rings (SSSR count). The van der Waals surface area contributed by atoms with Gasteiger partial charge in [-0.1, -0.05) is 13.8 Å². The average molecular weight is 308 g/mol. The predicted molar refractivity (Wildman–Crippen MR) is 79.7 cm³/mol. The maximum atomic E-state index is 12.4. The van der Waals surface area contributed by atoms with E-state index in [0.717, 1.165) is 18.6 Å². The van der Waals surface area contributed by atoms with Gasteiger partial charge in [-0.15, -0.1) is 0 Å². The Morgan fingerprint density at radius 3 is 2.79 bits per heavy atom. The Kier molecular flexibility index (Phi) is 6.62. The predicted octanol–water partition coefficient (Wildman–Crippen LogP) is 0.698. The van der Waals surface area contributed by atoms with Gasteiger partial charge < -0.3 is 10.6 Å². The van der Waals surface area contributed by atoms with Crippen LogP contribution in [0.1, 0.15) is 26.7 Å². The maximum Gasteiger partial charge on any atom is 0.226 e. The first-order valence-corrected chi connectivity index (χ1v) is 9.61. The van der Waals surface area contributed by atoms with Crippen molar-refractivity contribution in [3.8, 4) is 0 Å². The second kappa shape index (κ2) is 7.50. The number of hydrogen-bond donors (Lipinski definition) is 1. The molecular formula is C12H24N2O3S2. The molecular weight excluding hydrogens is 284 g/mol. The molecule has 112 valence electrons. The van der Waals surface area contributed by atoms with Crippen LogP contribution < -0.4 is 5.73 Å². The first-order chi connectivity index (χ1) is 8.94. The fourth-order valence-electron chi connectivity index (χ4n) is 2.15. The monoisotopic (exact) mass is 308 g/mol. The van der Waals surface area contributed by atoms with Crippen molar-refractivity contribution in [2.24, 2.45) is 11.7 Å². The number of nitrogens with zero attached hydrogens (tertiary/aromatic N) is 1. The smallest absolute Gasteiger partial charge is 0.226 e. The molecule has 0 aromatic rings. The van der Waals surface area contributed by atoms with Gasteiger partial charge in [-0.3, -0.25) is 4.79 Å². The van der Waals surface area contributed by atoms with Crippen molar-refractivity contribution in [1.29, 1.82) is 0 Å². The van der Waals surface area contributed by atoms with Gasteiger partial charge in [0.05, 0.1) is 0 Å². The van der Waals surface area contributed by atoms with E-state index in [9.17, 15) is 13.2 Å². The van der Waals surface area contributed by atoms with Crippen molar-refractivity contribution < 1.29 is 13.2 Å². The summed E-state index contributed by atoms with van der Waals surface area (Å²) in [4.78, 5) is 14.0. The lowest BCUT2D eigenvalue weighted by atomic mass is 10.0. The zero-order chi connectivity index (χ0) is 14.5. The molecule has 0 radical (unpaired) electrons. The van der Waals surface area contributed by atoms with Crippen molar-refractivity contribution in [3.05, 3.63) is 0 Å². The molecule has 1 aliphatic rings. The van der Waals surface area contributed by atoms with E-state index in [1.165, 1.54) is 0 Å². The van der Waals surface area contributed by atoms with Crippen LogP contribution in [0.5, 0.6) is 0 Å². The van der Waals surface area contributed by atoms with Gasteiger partial charge in [0, 0.05) is 29.7 Å². The van der Waals surface area contributed by atoms with Crippen molar-refractivity contribution in [3.63, 3.8) is 0 Å². The minimum absolute atomic E-state index is 0.0456. The molecule has 0 spiro atoms. The van der Waals surface area contributed by atoms with Gasteiger partial charge in [-0.05, 0) is 19.4 Å². The van der Waals surface area contributed by atoms with Crippen LogP contribution in [-0.4, -0.2) is 54.9 Å². The quantitative estimate of drug-likeness (QED) is 0.781. The summed E-state index contributed by atoms with van der Waals surface area (Å²) in [5, 5.41) is -0.649. The molecule has 0 aromatic heterocycles. The normalized spacial score (nSPS) is 22.3. The van der Waals surface area contributed by atoms with E-state index in [1.54, 1.807) is 23.6 Å². The molecule has 19 heavy (non-hydrogen) atoms. The maximum absolute atomic E-state index is 12.4. The third-order valence-electron chi connectivity index (χ3n) is 3.45. The van der Waals surface area contributed by atoms with E-state index in [2.05, 4.69) is 0 Å². The standard InChI is InChI=1S/C12H24N2O3S2/c1-3-19(16,17)11-9-18-8-7-14(11)12(15)10(2)5-4-6-13/h10-11H,3-9,13H2,1-2H3. The van der Waals surface area contributed by atoms with Crippen LogP contribution >= 0.6 is 11.8 Å². The highest BCUT2D eigenvalue weighted by molar-refractivity contribution is 8.01. The number of hydrogen-bond acceptors (Lipinski definition) is 5. The molecule has 1 fully saturated rings. The fraction of sp³-hybridized carbons (Fsp3) is 0.917. The van der Waals surface area contributed by atoms with Crippen molar-refractivity contribution in [2.45, 2.75) is 32.1 Å². The van der Waals surface area contributed by atoms with E-state index in [-0.39, 0.29) is 17.6 Å². The molecule has 0 aliphatic carbocycles. The summed E-state index contributed by atoms with van der Waals surface area (Å²) < 4.78 is 24.2. The number of nitrogens with two attached hydrogens (primary N) is 1. The zero-order valence-corrected chi connectivity index (χ0v) is 13.3. The number of rotatable bonds is 6. The van der Waals surface area contributed by atoms with Crippen LogP contribution in [0.25, 0.3) is 0 Å². The Hall–Kier alpha value is -0.270. The molecule has 1 heterocycles. The Morgan fingerprint density at radius 2 is 2.21 bits per heavy atom. The van der Waals surface area contributed by atoms with Gasteiger partial charge >= 0.3 is 0 Å². The summed E-state index contributed by atoms with van der Waals surface area (Å²) >= 11 is 1.60. The van der Waals surface area contributed by atoms with Crippen LogP contribution in [0.2, 0.25) is 0 Å². The van der Waals surface area contributed by atoms with Crippen LogP contribution in [0.15, 0.2) is 0 Å². The average Bonchev–Trinajstić information content (AvgIpc) is 2.43. The molecule has 0 aromatic carbocycles. The molecule has 0 saturated carbocycles. The lowest BCUT2D eigenvalue weighted by molar-refractivity contribution is -0.135. The SMILES string of the molecule is CCS(=O)(=O)C1CSCCN1C(=O)C(C)CCCN. The summed E-state index contributed by atoms with van der Waals surface area (Å²) in [5.41, 5.74) is 5.45. The Bertz CT molecular complexity index is 398. The lowest BCUT2D eigenvalue weighted by Gasteiger charge is -2.36. The summed E-state index contributed by atoms with van der Waals surface area (Å²) in [6, 6.07) is 0. The number of carbonyl (C=O) groups excluding carboxylic acids is 1. The number of sulfone groups is 1. The first-order valence-electron chi connectivity index (χ1n) is 6.74. The molecule has 2 atom stereocenters. The van der Waals surface area contributed by atoms with Crippen molar-refractivity contribution in [1.82, 2.24) is 4.90 Å². The molecule has 2 N–H and O–H groups in total. The van der Waals surface area contributed by atoms with Gasteiger partial charge in [0.25, 0.3) is 0 Å². The van der Waals surface area contributed by atoms with Gasteiger partial charge in [0.15, 0.2) is 9.84 Å². The Morgan fingerprint density at radius 1 is 1.53 bits per heavy atom. The van der Waals surface area contributed by atoms with Gasteiger partial charge in [-0.2, -0.15) is 11.8 Å². The van der Waals surface area contributed by atoms with E-state index < -0.39 is 15.2 Å². The molecule has 1 amide bonds. The minimum atomic E-state index is -3.21. The first kappa shape index (κ1) is 16.8. The molecule has 1 saturated heterocycles. The zero-order valence-electron chi connectivity index (χ0n) is 11.7. The van der Waals surface area contributed by atoms with Crippen LogP contribution in [0.3, 0.4) is 0 Å². The van der Waals surface area contributed by atoms with E-state index in [4.69, 9.17) is 5.73 Å². The number of thioether (sulfide) groups is 1. The Labute approximate surface area is 120 Å². The highest BCUT2D eigenvalue weighted by Crippen LogP contribution is 2.24. The molecule has 0 bridgehead atoms. The summed E-state index contributed by atoms with van der Waals surface area (Å²) in [6.45, 7) is 4.58. The van der Waals surface area contributed by atoms with Gasteiger partial charge in [0.2, 0.25) is 5.91 Å². The van der Waals surface area contributed by atoms with Crippen molar-refractivity contribution >= 4 is 27.5 Å². The van der Waals surface area contributed by atoms with Crippen molar-refractivity contribution in [2.75, 3.05) is 30.3 Å². The lowest BCUT2D eigenvalue weighted by Crippen LogP contribution is -2.52. The summed E-state index contributed by atoms with van der Waals surface area (Å²) in [5.74, 6) is 1.19. The largest absolute Gasteiger partial charge is 0.330 e. The van der Waals surface area contributed by atoms with Crippen LogP contribution in [0, 0.1) is 5.92 Å². The van der Waals surface area contributed by atoms with Gasteiger partial charge in [-0.25, -0.2) is 8.42 Å². The van der Waals surface area contributed by atoms with E-state index in [1.807, 2.05) is 6.92 Å². The highest BCUT2D eigenvalue weighted by atomic mass is 32.2. The summed E-state index contributed by atoms with van der Waals surface area (Å²) in [6.07, 6.45) is 1.51. The van der Waals surface area contributed by atoms with Gasteiger partial charge in [0.1, 0.15) is 5.37 Å².